The first-order valence-corrected chi connectivity index (χ1v) is 6.66. The van der Waals surface area contributed by atoms with Crippen LogP contribution in [-0.2, 0) is 5.41 Å². The first-order valence-electron chi connectivity index (χ1n) is 5.87. The number of rotatable bonds is 0. The highest BCUT2D eigenvalue weighted by Crippen LogP contribution is 2.49. The van der Waals surface area contributed by atoms with E-state index in [0.29, 0.717) is 0 Å². The van der Waals surface area contributed by atoms with Gasteiger partial charge >= 0.3 is 0 Å². The molecule has 0 aromatic heterocycles. The van der Waals surface area contributed by atoms with Crippen LogP contribution in [0.25, 0.3) is 0 Å². The van der Waals surface area contributed by atoms with Gasteiger partial charge in [0.05, 0.1) is 0 Å². The Hall–Kier alpha value is -1.48. The van der Waals surface area contributed by atoms with Crippen LogP contribution in [0, 0.1) is 0 Å². The predicted molar refractivity (Wildman–Crippen MR) is 77.2 cm³/mol. The van der Waals surface area contributed by atoms with Gasteiger partial charge in [0, 0.05) is 26.7 Å². The molecule has 0 fully saturated rings. The van der Waals surface area contributed by atoms with Crippen LogP contribution in [0.2, 0.25) is 0 Å². The summed E-state index contributed by atoms with van der Waals surface area (Å²) in [4.78, 5) is 0. The molecule has 1 aliphatic rings. The number of fused-ring (bicyclic) bond motifs is 2. The van der Waals surface area contributed by atoms with E-state index in [1.807, 2.05) is 30.3 Å². The molecule has 2 aromatic carbocycles. The third-order valence-corrected chi connectivity index (χ3v) is 4.24. The van der Waals surface area contributed by atoms with E-state index in [2.05, 4.69) is 35.8 Å². The highest BCUT2D eigenvalue weighted by atomic mass is 79.9. The Morgan fingerprint density at radius 3 is 2.56 bits per heavy atom. The van der Waals surface area contributed by atoms with Gasteiger partial charge in [-0.2, -0.15) is 0 Å². The standard InChI is InChI=1S/C15H14BrNO/c1-15(2)9-5-3-4-6-13(9)18-14-8-11(16)12(17)7-10(14)15/h3-8H,17H2,1-2H3. The van der Waals surface area contributed by atoms with Gasteiger partial charge in [-0.05, 0) is 34.1 Å². The fourth-order valence-electron chi connectivity index (χ4n) is 2.48. The number of benzene rings is 2. The molecular weight excluding hydrogens is 290 g/mol. The second-order valence-corrected chi connectivity index (χ2v) is 5.95. The van der Waals surface area contributed by atoms with Crippen molar-refractivity contribution in [3.05, 3.63) is 52.0 Å². The van der Waals surface area contributed by atoms with Gasteiger partial charge in [-0.15, -0.1) is 0 Å². The van der Waals surface area contributed by atoms with Crippen molar-refractivity contribution in [1.29, 1.82) is 0 Å². The zero-order chi connectivity index (χ0) is 12.9. The number of hydrogen-bond donors (Lipinski definition) is 1. The number of para-hydroxylation sites is 1. The first kappa shape index (κ1) is 11.6. The molecule has 18 heavy (non-hydrogen) atoms. The number of anilines is 1. The van der Waals surface area contributed by atoms with Crippen molar-refractivity contribution in [2.45, 2.75) is 19.3 Å². The van der Waals surface area contributed by atoms with Crippen molar-refractivity contribution < 1.29 is 4.74 Å². The van der Waals surface area contributed by atoms with E-state index in [4.69, 9.17) is 10.5 Å². The molecule has 0 bridgehead atoms. The summed E-state index contributed by atoms with van der Waals surface area (Å²) in [5, 5.41) is 0. The summed E-state index contributed by atoms with van der Waals surface area (Å²) < 4.78 is 6.84. The third-order valence-electron chi connectivity index (χ3n) is 3.55. The molecule has 1 heterocycles. The molecule has 3 heteroatoms. The summed E-state index contributed by atoms with van der Waals surface area (Å²) >= 11 is 3.45. The predicted octanol–water partition coefficient (Wildman–Crippen LogP) is 4.46. The minimum atomic E-state index is -0.0982. The van der Waals surface area contributed by atoms with Crippen LogP contribution in [0.15, 0.2) is 40.9 Å². The van der Waals surface area contributed by atoms with Gasteiger partial charge in [0.2, 0.25) is 0 Å². The minimum absolute atomic E-state index is 0.0982. The normalized spacial score (nSPS) is 15.5. The monoisotopic (exact) mass is 303 g/mol. The number of hydrogen-bond acceptors (Lipinski definition) is 2. The van der Waals surface area contributed by atoms with Crippen LogP contribution in [0.1, 0.15) is 25.0 Å². The quantitative estimate of drug-likeness (QED) is 0.729. The Bertz CT molecular complexity index is 634. The second kappa shape index (κ2) is 3.75. The van der Waals surface area contributed by atoms with Crippen LogP contribution in [0.4, 0.5) is 5.69 Å². The SMILES string of the molecule is CC1(C)c2ccccc2Oc2cc(Br)c(N)cc21. The third kappa shape index (κ3) is 1.54. The molecule has 0 unspecified atom stereocenters. The number of nitrogens with two attached hydrogens (primary N) is 1. The van der Waals surface area contributed by atoms with Crippen molar-refractivity contribution in [2.24, 2.45) is 0 Å². The average molecular weight is 304 g/mol. The molecule has 0 saturated carbocycles. The summed E-state index contributed by atoms with van der Waals surface area (Å²) in [6.45, 7) is 4.39. The van der Waals surface area contributed by atoms with Gasteiger partial charge < -0.3 is 10.5 Å². The Balaban J connectivity index is 2.28. The van der Waals surface area contributed by atoms with E-state index in [1.165, 1.54) is 5.56 Å². The van der Waals surface area contributed by atoms with Crippen molar-refractivity contribution in [1.82, 2.24) is 0 Å². The van der Waals surface area contributed by atoms with E-state index in [1.54, 1.807) is 0 Å². The highest BCUT2D eigenvalue weighted by Gasteiger charge is 2.34. The van der Waals surface area contributed by atoms with E-state index in [-0.39, 0.29) is 5.41 Å². The van der Waals surface area contributed by atoms with Gasteiger partial charge in [-0.3, -0.25) is 0 Å². The summed E-state index contributed by atoms with van der Waals surface area (Å²) in [7, 11) is 0. The molecule has 0 amide bonds. The Kier molecular flexibility index (Phi) is 2.42. The zero-order valence-corrected chi connectivity index (χ0v) is 11.9. The molecule has 0 atom stereocenters. The van der Waals surface area contributed by atoms with Gasteiger partial charge in [-0.1, -0.05) is 32.0 Å². The van der Waals surface area contributed by atoms with Gasteiger partial charge in [-0.25, -0.2) is 0 Å². The molecular formula is C15H14BrNO. The molecule has 0 radical (unpaired) electrons. The van der Waals surface area contributed by atoms with Crippen LogP contribution < -0.4 is 10.5 Å². The lowest BCUT2D eigenvalue weighted by Crippen LogP contribution is -2.24. The van der Waals surface area contributed by atoms with E-state index in [9.17, 15) is 0 Å². The fraction of sp³-hybridized carbons (Fsp3) is 0.200. The molecule has 0 saturated heterocycles. The summed E-state index contributed by atoms with van der Waals surface area (Å²) in [6.07, 6.45) is 0. The van der Waals surface area contributed by atoms with Crippen molar-refractivity contribution in [3.63, 3.8) is 0 Å². The van der Waals surface area contributed by atoms with Crippen molar-refractivity contribution >= 4 is 21.6 Å². The molecule has 2 nitrogen and oxygen atoms in total. The first-order chi connectivity index (χ1) is 8.50. The maximum atomic E-state index is 5.98. The van der Waals surface area contributed by atoms with Crippen LogP contribution in [0.5, 0.6) is 11.5 Å². The second-order valence-electron chi connectivity index (χ2n) is 5.09. The highest BCUT2D eigenvalue weighted by molar-refractivity contribution is 9.10. The van der Waals surface area contributed by atoms with Gasteiger partial charge in [0.15, 0.2) is 0 Å². The summed E-state index contributed by atoms with van der Waals surface area (Å²) in [5.74, 6) is 1.80. The number of ether oxygens (including phenoxy) is 1. The number of halogens is 1. The van der Waals surface area contributed by atoms with Gasteiger partial charge in [0.25, 0.3) is 0 Å². The lowest BCUT2D eigenvalue weighted by Gasteiger charge is -2.34. The largest absolute Gasteiger partial charge is 0.457 e. The Morgan fingerprint density at radius 2 is 1.78 bits per heavy atom. The maximum absolute atomic E-state index is 5.98. The van der Waals surface area contributed by atoms with E-state index < -0.39 is 0 Å². The minimum Gasteiger partial charge on any atom is -0.457 e. The average Bonchev–Trinajstić information content (AvgIpc) is 2.33. The maximum Gasteiger partial charge on any atom is 0.132 e. The molecule has 0 aliphatic carbocycles. The molecule has 92 valence electrons. The Morgan fingerprint density at radius 1 is 1.06 bits per heavy atom. The van der Waals surface area contributed by atoms with E-state index >= 15 is 0 Å². The zero-order valence-electron chi connectivity index (χ0n) is 10.3. The lowest BCUT2D eigenvalue weighted by molar-refractivity contribution is 0.418. The van der Waals surface area contributed by atoms with Crippen molar-refractivity contribution in [3.8, 4) is 11.5 Å². The molecule has 2 aromatic rings. The van der Waals surface area contributed by atoms with Crippen LogP contribution in [0.3, 0.4) is 0 Å². The number of nitrogen functional groups attached to an aromatic ring is 1. The molecule has 1 aliphatic heterocycles. The lowest BCUT2D eigenvalue weighted by atomic mass is 9.76. The smallest absolute Gasteiger partial charge is 0.132 e. The summed E-state index contributed by atoms with van der Waals surface area (Å²) in [6, 6.07) is 12.1. The molecule has 2 N–H and O–H groups in total. The Labute approximate surface area is 115 Å². The van der Waals surface area contributed by atoms with Crippen LogP contribution in [-0.4, -0.2) is 0 Å². The van der Waals surface area contributed by atoms with Crippen LogP contribution >= 0.6 is 15.9 Å². The fourth-order valence-corrected chi connectivity index (χ4v) is 2.80. The summed E-state index contributed by atoms with van der Waals surface area (Å²) in [5.41, 5.74) is 8.95. The topological polar surface area (TPSA) is 35.2 Å². The van der Waals surface area contributed by atoms with E-state index in [0.717, 1.165) is 27.2 Å². The molecule has 0 spiro atoms. The van der Waals surface area contributed by atoms with Gasteiger partial charge in [0.1, 0.15) is 11.5 Å². The molecule has 3 rings (SSSR count). The van der Waals surface area contributed by atoms with Crippen molar-refractivity contribution in [2.75, 3.05) is 5.73 Å².